The van der Waals surface area contributed by atoms with E-state index in [1.807, 2.05) is 18.2 Å². The van der Waals surface area contributed by atoms with Gasteiger partial charge in [-0.2, -0.15) is 0 Å². The van der Waals surface area contributed by atoms with Crippen molar-refractivity contribution in [1.29, 1.82) is 0 Å². The van der Waals surface area contributed by atoms with Gasteiger partial charge in [0.25, 0.3) is 0 Å². The van der Waals surface area contributed by atoms with E-state index in [2.05, 4.69) is 42.6 Å². The van der Waals surface area contributed by atoms with Gasteiger partial charge in [0.05, 0.1) is 6.17 Å². The van der Waals surface area contributed by atoms with Crippen molar-refractivity contribution in [2.75, 3.05) is 0 Å². The van der Waals surface area contributed by atoms with E-state index in [0.29, 0.717) is 5.92 Å². The van der Waals surface area contributed by atoms with E-state index in [9.17, 15) is 0 Å². The first-order chi connectivity index (χ1) is 8.25. The summed E-state index contributed by atoms with van der Waals surface area (Å²) < 4.78 is 0. The highest BCUT2D eigenvalue weighted by Gasteiger charge is 2.13. The molecule has 1 aromatic carbocycles. The number of hydrogen-bond acceptors (Lipinski definition) is 2. The fraction of sp³-hybridized carbons (Fsp3) is 0.333. The molecule has 1 aromatic rings. The predicted octanol–water partition coefficient (Wildman–Crippen LogP) is 2.58. The van der Waals surface area contributed by atoms with Crippen LogP contribution in [0.25, 0.3) is 0 Å². The molecule has 3 N–H and O–H groups in total. The third-order valence-electron chi connectivity index (χ3n) is 3.08. The Kier molecular flexibility index (Phi) is 4.13. The summed E-state index contributed by atoms with van der Waals surface area (Å²) in [4.78, 5) is 0. The van der Waals surface area contributed by atoms with Gasteiger partial charge in [0, 0.05) is 6.54 Å². The Bertz CT molecular complexity index is 406. The third-order valence-corrected chi connectivity index (χ3v) is 3.08. The van der Waals surface area contributed by atoms with Crippen molar-refractivity contribution in [2.24, 2.45) is 11.7 Å². The van der Waals surface area contributed by atoms with E-state index in [-0.39, 0.29) is 6.17 Å². The summed E-state index contributed by atoms with van der Waals surface area (Å²) in [5.74, 6) is 0.597. The zero-order valence-electron chi connectivity index (χ0n) is 10.3. The minimum Gasteiger partial charge on any atom is -0.312 e. The predicted molar refractivity (Wildman–Crippen MR) is 72.3 cm³/mol. The topological polar surface area (TPSA) is 38.0 Å². The molecule has 0 fully saturated rings. The number of rotatable bonds is 4. The Morgan fingerprint density at radius 3 is 2.82 bits per heavy atom. The molecule has 0 amide bonds. The number of hydrogen-bond donors (Lipinski definition) is 2. The number of nitrogens with two attached hydrogens (primary N) is 1. The fourth-order valence-corrected chi connectivity index (χ4v) is 2.06. The summed E-state index contributed by atoms with van der Waals surface area (Å²) in [5, 5.41) is 3.36. The Hall–Kier alpha value is -1.38. The maximum absolute atomic E-state index is 6.15. The molecule has 0 saturated carbocycles. The van der Waals surface area contributed by atoms with Gasteiger partial charge in [0.2, 0.25) is 0 Å². The first-order valence-electron chi connectivity index (χ1n) is 6.16. The second kappa shape index (κ2) is 5.80. The molecule has 2 nitrogen and oxygen atoms in total. The van der Waals surface area contributed by atoms with Crippen LogP contribution in [0.15, 0.2) is 54.1 Å². The second-order valence-corrected chi connectivity index (χ2v) is 4.65. The quantitative estimate of drug-likeness (QED) is 0.777. The molecule has 0 radical (unpaired) electrons. The van der Waals surface area contributed by atoms with Gasteiger partial charge in [-0.3, -0.25) is 5.32 Å². The van der Waals surface area contributed by atoms with Crippen LogP contribution in [0.3, 0.4) is 0 Å². The molecule has 17 heavy (non-hydrogen) atoms. The molecule has 1 aliphatic rings. The van der Waals surface area contributed by atoms with Gasteiger partial charge < -0.3 is 5.73 Å². The molecule has 2 heteroatoms. The van der Waals surface area contributed by atoms with Crippen LogP contribution in [0, 0.1) is 5.92 Å². The molecule has 0 aromatic heterocycles. The Morgan fingerprint density at radius 1 is 1.35 bits per heavy atom. The van der Waals surface area contributed by atoms with Gasteiger partial charge in [-0.1, -0.05) is 55.5 Å². The van der Waals surface area contributed by atoms with Gasteiger partial charge in [-0.25, -0.2) is 0 Å². The second-order valence-electron chi connectivity index (χ2n) is 4.65. The van der Waals surface area contributed by atoms with Gasteiger partial charge in [0.15, 0.2) is 0 Å². The largest absolute Gasteiger partial charge is 0.312 e. The standard InChI is InChI=1S/C15H20N2/c1-12-6-5-9-14(10-12)15(16)17-11-13-7-3-2-4-8-13/h2-9,12,15,17H,10-11,16H2,1H3. The SMILES string of the molecule is CC1C=CC=C(C(N)NCc2ccccc2)C1. The van der Waals surface area contributed by atoms with E-state index in [1.54, 1.807) is 0 Å². The van der Waals surface area contributed by atoms with Crippen molar-refractivity contribution in [2.45, 2.75) is 26.1 Å². The van der Waals surface area contributed by atoms with Crippen molar-refractivity contribution in [1.82, 2.24) is 5.32 Å². The molecule has 0 heterocycles. The molecular formula is C15H20N2. The summed E-state index contributed by atoms with van der Waals surface area (Å²) in [5.41, 5.74) is 8.70. The first kappa shape index (κ1) is 12.1. The molecule has 0 bridgehead atoms. The average molecular weight is 228 g/mol. The maximum atomic E-state index is 6.15. The lowest BCUT2D eigenvalue weighted by atomic mass is 9.94. The lowest BCUT2D eigenvalue weighted by molar-refractivity contribution is 0.544. The summed E-state index contributed by atoms with van der Waals surface area (Å²) in [6, 6.07) is 10.3. The molecule has 90 valence electrons. The first-order valence-corrected chi connectivity index (χ1v) is 6.16. The highest BCUT2D eigenvalue weighted by atomic mass is 15.0. The number of allylic oxidation sites excluding steroid dienone is 3. The Morgan fingerprint density at radius 2 is 2.12 bits per heavy atom. The van der Waals surface area contributed by atoms with Crippen LogP contribution < -0.4 is 11.1 Å². The Balaban J connectivity index is 1.87. The molecule has 2 atom stereocenters. The van der Waals surface area contributed by atoms with Gasteiger partial charge >= 0.3 is 0 Å². The van der Waals surface area contributed by atoms with Crippen LogP contribution in [0.1, 0.15) is 18.9 Å². The molecule has 0 aliphatic heterocycles. The molecular weight excluding hydrogens is 208 g/mol. The highest BCUT2D eigenvalue weighted by molar-refractivity contribution is 5.23. The van der Waals surface area contributed by atoms with Crippen molar-refractivity contribution >= 4 is 0 Å². The van der Waals surface area contributed by atoms with E-state index in [1.165, 1.54) is 11.1 Å². The summed E-state index contributed by atoms with van der Waals surface area (Å²) in [6.45, 7) is 3.03. The lowest BCUT2D eigenvalue weighted by Gasteiger charge is -2.21. The number of benzene rings is 1. The lowest BCUT2D eigenvalue weighted by Crippen LogP contribution is -2.39. The van der Waals surface area contributed by atoms with Crippen LogP contribution in [0.2, 0.25) is 0 Å². The summed E-state index contributed by atoms with van der Waals surface area (Å²) in [6.07, 6.45) is 7.46. The minimum absolute atomic E-state index is 0.0393. The minimum atomic E-state index is -0.0393. The van der Waals surface area contributed by atoms with Crippen LogP contribution in [-0.2, 0) is 6.54 Å². The van der Waals surface area contributed by atoms with Crippen LogP contribution in [0.4, 0.5) is 0 Å². The molecule has 1 aliphatic carbocycles. The summed E-state index contributed by atoms with van der Waals surface area (Å²) in [7, 11) is 0. The number of nitrogens with one attached hydrogen (secondary N) is 1. The molecule has 0 saturated heterocycles. The normalized spacial score (nSPS) is 21.1. The fourth-order valence-electron chi connectivity index (χ4n) is 2.06. The van der Waals surface area contributed by atoms with Crippen molar-refractivity contribution in [3.63, 3.8) is 0 Å². The van der Waals surface area contributed by atoms with Crippen molar-refractivity contribution in [3.8, 4) is 0 Å². The molecule has 2 rings (SSSR count). The van der Waals surface area contributed by atoms with Crippen LogP contribution in [0.5, 0.6) is 0 Å². The van der Waals surface area contributed by atoms with Crippen molar-refractivity contribution in [3.05, 3.63) is 59.7 Å². The van der Waals surface area contributed by atoms with E-state index in [4.69, 9.17) is 5.73 Å². The summed E-state index contributed by atoms with van der Waals surface area (Å²) >= 11 is 0. The average Bonchev–Trinajstić information content (AvgIpc) is 2.37. The zero-order chi connectivity index (χ0) is 12.1. The van der Waals surface area contributed by atoms with E-state index in [0.717, 1.165) is 13.0 Å². The van der Waals surface area contributed by atoms with E-state index < -0.39 is 0 Å². The van der Waals surface area contributed by atoms with E-state index >= 15 is 0 Å². The zero-order valence-corrected chi connectivity index (χ0v) is 10.3. The van der Waals surface area contributed by atoms with Gasteiger partial charge in [0.1, 0.15) is 0 Å². The molecule has 2 unspecified atom stereocenters. The maximum Gasteiger partial charge on any atom is 0.0774 e. The monoisotopic (exact) mass is 228 g/mol. The van der Waals surface area contributed by atoms with Gasteiger partial charge in [-0.15, -0.1) is 0 Å². The van der Waals surface area contributed by atoms with Crippen LogP contribution in [-0.4, -0.2) is 6.17 Å². The Labute approximate surface area is 103 Å². The smallest absolute Gasteiger partial charge is 0.0774 e. The highest BCUT2D eigenvalue weighted by Crippen LogP contribution is 2.19. The molecule has 0 spiro atoms. The van der Waals surface area contributed by atoms with Crippen LogP contribution >= 0.6 is 0 Å². The third kappa shape index (κ3) is 3.55. The van der Waals surface area contributed by atoms with Gasteiger partial charge in [-0.05, 0) is 23.5 Å². The van der Waals surface area contributed by atoms with Crippen molar-refractivity contribution < 1.29 is 0 Å².